The standard InChI is InChI=1S/C19H24N2O3S/c1-13(2)17-10-5-6-11-18(17)20-19(22)15-8-7-9-16(12-15)25(23,24)21-14(3)4/h5-14,21H,1-4H3,(H,20,22). The molecule has 25 heavy (non-hydrogen) atoms. The Morgan fingerprint density at radius 2 is 1.64 bits per heavy atom. The number of hydrogen-bond acceptors (Lipinski definition) is 3. The molecule has 0 radical (unpaired) electrons. The van der Waals surface area contributed by atoms with E-state index in [1.54, 1.807) is 26.0 Å². The maximum atomic E-state index is 12.6. The number of carbonyl (C=O) groups is 1. The first kappa shape index (κ1) is 19.1. The van der Waals surface area contributed by atoms with Crippen LogP contribution in [0.4, 0.5) is 5.69 Å². The Kier molecular flexibility index (Phi) is 5.98. The Labute approximate surface area is 149 Å². The van der Waals surface area contributed by atoms with Crippen LogP contribution in [-0.2, 0) is 10.0 Å². The summed E-state index contributed by atoms with van der Waals surface area (Å²) in [6, 6.07) is 13.4. The van der Waals surface area contributed by atoms with Crippen molar-refractivity contribution in [3.63, 3.8) is 0 Å². The Morgan fingerprint density at radius 3 is 2.28 bits per heavy atom. The molecule has 0 saturated heterocycles. The summed E-state index contributed by atoms with van der Waals surface area (Å²) in [7, 11) is -3.64. The third kappa shape index (κ3) is 4.90. The number of amides is 1. The van der Waals surface area contributed by atoms with Crippen LogP contribution >= 0.6 is 0 Å². The highest BCUT2D eigenvalue weighted by Gasteiger charge is 2.18. The van der Waals surface area contributed by atoms with Gasteiger partial charge in [-0.2, -0.15) is 0 Å². The van der Waals surface area contributed by atoms with Gasteiger partial charge in [-0.05, 0) is 49.6 Å². The van der Waals surface area contributed by atoms with Gasteiger partial charge in [0.1, 0.15) is 0 Å². The van der Waals surface area contributed by atoms with Crippen molar-refractivity contribution >= 4 is 21.6 Å². The van der Waals surface area contributed by atoms with Gasteiger partial charge in [0.2, 0.25) is 10.0 Å². The van der Waals surface area contributed by atoms with Crippen LogP contribution in [0.25, 0.3) is 0 Å². The third-order valence-corrected chi connectivity index (χ3v) is 5.28. The van der Waals surface area contributed by atoms with Crippen LogP contribution in [0.15, 0.2) is 53.4 Å². The maximum Gasteiger partial charge on any atom is 0.255 e. The van der Waals surface area contributed by atoms with Crippen LogP contribution in [0, 0.1) is 0 Å². The monoisotopic (exact) mass is 360 g/mol. The first-order valence-corrected chi connectivity index (χ1v) is 9.71. The van der Waals surface area contributed by atoms with Gasteiger partial charge in [0.15, 0.2) is 0 Å². The van der Waals surface area contributed by atoms with E-state index in [0.29, 0.717) is 5.56 Å². The van der Waals surface area contributed by atoms with Gasteiger partial charge in [-0.15, -0.1) is 0 Å². The van der Waals surface area contributed by atoms with Gasteiger partial charge < -0.3 is 5.32 Å². The number of para-hydroxylation sites is 1. The van der Waals surface area contributed by atoms with Crippen LogP contribution < -0.4 is 10.0 Å². The summed E-state index contributed by atoms with van der Waals surface area (Å²) in [5.41, 5.74) is 2.06. The number of sulfonamides is 1. The molecule has 2 aromatic rings. The predicted molar refractivity (Wildman–Crippen MR) is 100 cm³/mol. The summed E-state index contributed by atoms with van der Waals surface area (Å²) in [6.45, 7) is 7.60. The van der Waals surface area contributed by atoms with E-state index in [2.05, 4.69) is 23.9 Å². The van der Waals surface area contributed by atoms with Gasteiger partial charge in [0, 0.05) is 17.3 Å². The van der Waals surface area contributed by atoms with E-state index in [-0.39, 0.29) is 22.8 Å². The molecule has 5 nitrogen and oxygen atoms in total. The zero-order valence-electron chi connectivity index (χ0n) is 14.9. The molecule has 0 heterocycles. The molecule has 2 N–H and O–H groups in total. The van der Waals surface area contributed by atoms with Crippen LogP contribution in [-0.4, -0.2) is 20.4 Å². The highest BCUT2D eigenvalue weighted by Crippen LogP contribution is 2.24. The summed E-state index contributed by atoms with van der Waals surface area (Å²) < 4.78 is 27.1. The average molecular weight is 360 g/mol. The molecule has 0 fully saturated rings. The van der Waals surface area contributed by atoms with Crippen LogP contribution in [0.3, 0.4) is 0 Å². The van der Waals surface area contributed by atoms with Crippen molar-refractivity contribution in [3.05, 3.63) is 59.7 Å². The second kappa shape index (κ2) is 7.80. The van der Waals surface area contributed by atoms with Gasteiger partial charge in [-0.25, -0.2) is 13.1 Å². The summed E-state index contributed by atoms with van der Waals surface area (Å²) in [4.78, 5) is 12.6. The third-order valence-electron chi connectivity index (χ3n) is 3.63. The quantitative estimate of drug-likeness (QED) is 0.824. The second-order valence-corrected chi connectivity index (χ2v) is 8.21. The van der Waals surface area contributed by atoms with Crippen molar-refractivity contribution in [2.75, 3.05) is 5.32 Å². The van der Waals surface area contributed by atoms with E-state index in [1.165, 1.54) is 12.1 Å². The van der Waals surface area contributed by atoms with Crippen LogP contribution in [0.5, 0.6) is 0 Å². The van der Waals surface area contributed by atoms with Crippen molar-refractivity contribution in [2.45, 2.75) is 44.6 Å². The van der Waals surface area contributed by atoms with Gasteiger partial charge >= 0.3 is 0 Å². The number of rotatable bonds is 6. The van der Waals surface area contributed by atoms with Crippen molar-refractivity contribution in [3.8, 4) is 0 Å². The molecule has 0 bridgehead atoms. The molecule has 2 rings (SSSR count). The highest BCUT2D eigenvalue weighted by molar-refractivity contribution is 7.89. The smallest absolute Gasteiger partial charge is 0.255 e. The van der Waals surface area contributed by atoms with E-state index >= 15 is 0 Å². The molecule has 6 heteroatoms. The zero-order chi connectivity index (χ0) is 18.6. The predicted octanol–water partition coefficient (Wildman–Crippen LogP) is 3.75. The summed E-state index contributed by atoms with van der Waals surface area (Å²) in [5, 5.41) is 2.87. The fourth-order valence-corrected chi connectivity index (χ4v) is 3.79. The molecule has 0 aliphatic rings. The van der Waals surface area contributed by atoms with Crippen molar-refractivity contribution in [1.82, 2.24) is 4.72 Å². The SMILES string of the molecule is CC(C)NS(=O)(=O)c1cccc(C(=O)Nc2ccccc2C(C)C)c1. The Morgan fingerprint density at radius 1 is 0.960 bits per heavy atom. The number of nitrogens with one attached hydrogen (secondary N) is 2. The minimum atomic E-state index is -3.64. The van der Waals surface area contributed by atoms with Gasteiger partial charge in [0.05, 0.1) is 4.90 Å². The number of hydrogen-bond donors (Lipinski definition) is 2. The van der Waals surface area contributed by atoms with E-state index in [0.717, 1.165) is 11.3 Å². The van der Waals surface area contributed by atoms with Crippen LogP contribution in [0.1, 0.15) is 49.5 Å². The molecule has 0 spiro atoms. The number of anilines is 1. The normalized spacial score (nSPS) is 11.8. The zero-order valence-corrected chi connectivity index (χ0v) is 15.7. The molecule has 134 valence electrons. The fraction of sp³-hybridized carbons (Fsp3) is 0.316. The maximum absolute atomic E-state index is 12.6. The molecule has 2 aromatic carbocycles. The van der Waals surface area contributed by atoms with Crippen LogP contribution in [0.2, 0.25) is 0 Å². The first-order valence-electron chi connectivity index (χ1n) is 8.23. The molecule has 0 atom stereocenters. The van der Waals surface area contributed by atoms with Gasteiger partial charge in [-0.1, -0.05) is 38.1 Å². The lowest BCUT2D eigenvalue weighted by Crippen LogP contribution is -2.30. The molecule has 0 unspecified atom stereocenters. The molecule has 0 aliphatic heterocycles. The average Bonchev–Trinajstić information content (AvgIpc) is 2.54. The Hall–Kier alpha value is -2.18. The largest absolute Gasteiger partial charge is 0.322 e. The van der Waals surface area contributed by atoms with Gasteiger partial charge in [0.25, 0.3) is 5.91 Å². The lowest BCUT2D eigenvalue weighted by atomic mass is 10.0. The second-order valence-electron chi connectivity index (χ2n) is 6.50. The fourth-order valence-electron chi connectivity index (χ4n) is 2.49. The lowest BCUT2D eigenvalue weighted by Gasteiger charge is -2.14. The molecule has 0 aromatic heterocycles. The Bertz CT molecular complexity index is 858. The highest BCUT2D eigenvalue weighted by atomic mass is 32.2. The summed E-state index contributed by atoms with van der Waals surface area (Å²) in [5.74, 6) is -0.0758. The molecule has 0 aliphatic carbocycles. The van der Waals surface area contributed by atoms with E-state index in [4.69, 9.17) is 0 Å². The van der Waals surface area contributed by atoms with E-state index in [1.807, 2.05) is 24.3 Å². The minimum Gasteiger partial charge on any atom is -0.322 e. The van der Waals surface area contributed by atoms with Gasteiger partial charge in [-0.3, -0.25) is 4.79 Å². The topological polar surface area (TPSA) is 75.3 Å². The number of carbonyl (C=O) groups excluding carboxylic acids is 1. The summed E-state index contributed by atoms with van der Waals surface area (Å²) >= 11 is 0. The van der Waals surface area contributed by atoms with Crippen molar-refractivity contribution in [1.29, 1.82) is 0 Å². The van der Waals surface area contributed by atoms with E-state index in [9.17, 15) is 13.2 Å². The molecule has 0 saturated carbocycles. The molecular weight excluding hydrogens is 336 g/mol. The Balaban J connectivity index is 2.29. The minimum absolute atomic E-state index is 0.0750. The van der Waals surface area contributed by atoms with E-state index < -0.39 is 10.0 Å². The number of benzene rings is 2. The summed E-state index contributed by atoms with van der Waals surface area (Å²) in [6.07, 6.45) is 0. The lowest BCUT2D eigenvalue weighted by molar-refractivity contribution is 0.102. The van der Waals surface area contributed by atoms with Crippen molar-refractivity contribution < 1.29 is 13.2 Å². The van der Waals surface area contributed by atoms with Crippen molar-refractivity contribution in [2.24, 2.45) is 0 Å². The molecule has 1 amide bonds. The molecular formula is C19H24N2O3S. The first-order chi connectivity index (χ1) is 11.7.